The van der Waals surface area contributed by atoms with Crippen LogP contribution < -0.4 is 10.6 Å². The van der Waals surface area contributed by atoms with Crippen molar-refractivity contribution in [2.75, 3.05) is 0 Å². The molecule has 1 heterocycles. The van der Waals surface area contributed by atoms with Crippen molar-refractivity contribution in [3.8, 4) is 0 Å². The van der Waals surface area contributed by atoms with Gasteiger partial charge in [0, 0.05) is 0 Å². The van der Waals surface area contributed by atoms with Crippen LogP contribution >= 0.6 is 0 Å². The maximum absolute atomic E-state index is 4.09. The third kappa shape index (κ3) is 1.52. The summed E-state index contributed by atoms with van der Waals surface area (Å²) in [6, 6.07) is 6.43. The Morgan fingerprint density at radius 3 is 2.53 bits per heavy atom. The van der Waals surface area contributed by atoms with Crippen LogP contribution in [0, 0.1) is 10.9 Å². The molecule has 0 fully saturated rings. The summed E-state index contributed by atoms with van der Waals surface area (Å²) in [5.74, 6) is 0. The van der Waals surface area contributed by atoms with E-state index in [1.807, 2.05) is 7.05 Å². The number of hydrogen-bond acceptors (Lipinski definition) is 0. The van der Waals surface area contributed by atoms with Crippen LogP contribution in [-0.4, -0.2) is 4.57 Å². The molecule has 0 aliphatic heterocycles. The summed E-state index contributed by atoms with van der Waals surface area (Å²) in [7, 11) is 2.02. The first-order valence-electron chi connectivity index (χ1n) is 4.81. The van der Waals surface area contributed by atoms with Crippen molar-refractivity contribution >= 4 is 23.9 Å². The Hall–Kier alpha value is -1.05. The predicted molar refractivity (Wildman–Crippen MR) is 61.2 cm³/mol. The average molecular weight is 234 g/mol. The maximum atomic E-state index is 4.09. The Bertz CT molecular complexity index is 695. The second-order valence-corrected chi connectivity index (χ2v) is 4.52. The topological polar surface area (TPSA) is 4.93 Å². The quantitative estimate of drug-likeness (QED) is 0.649. The molecule has 0 spiro atoms. The zero-order valence-electron chi connectivity index (χ0n) is 9.04. The number of benzene rings is 1. The molecule has 2 aromatic rings. The van der Waals surface area contributed by atoms with E-state index in [0.717, 1.165) is 10.6 Å². The van der Waals surface area contributed by atoms with Gasteiger partial charge < -0.3 is 0 Å². The molecular weight excluding hydrogens is 221 g/mol. The zero-order chi connectivity index (χ0) is 11.2. The van der Waals surface area contributed by atoms with Gasteiger partial charge in [-0.3, -0.25) is 0 Å². The number of hydrogen-bond donors (Lipinski definition) is 0. The van der Waals surface area contributed by atoms with E-state index < -0.39 is 0 Å². The molecule has 0 radical (unpaired) electrons. The molecule has 0 aliphatic carbocycles. The van der Waals surface area contributed by atoms with Crippen LogP contribution in [-0.2, 0) is 24.0 Å². The Morgan fingerprint density at radius 1 is 1.20 bits per heavy atom. The molecule has 0 unspecified atom stereocenters. The Balaban J connectivity index is 3.23. The van der Waals surface area contributed by atoms with Gasteiger partial charge in [0.2, 0.25) is 0 Å². The van der Waals surface area contributed by atoms with Crippen LogP contribution in [0.3, 0.4) is 0 Å². The average Bonchev–Trinajstić information content (AvgIpc) is 2.23. The summed E-state index contributed by atoms with van der Waals surface area (Å²) in [4.78, 5) is 0. The molecule has 1 aromatic heterocycles. The van der Waals surface area contributed by atoms with Gasteiger partial charge in [-0.15, -0.1) is 0 Å². The van der Waals surface area contributed by atoms with Crippen molar-refractivity contribution in [2.45, 2.75) is 6.92 Å². The van der Waals surface area contributed by atoms with E-state index in [0.29, 0.717) is 0 Å². The van der Waals surface area contributed by atoms with E-state index in [1.54, 1.807) is 0 Å². The fourth-order valence-corrected chi connectivity index (χ4v) is 2.25. The second kappa shape index (κ2) is 3.51. The fourth-order valence-electron chi connectivity index (χ4n) is 1.77. The molecule has 0 saturated heterocycles. The summed E-state index contributed by atoms with van der Waals surface area (Å²) < 4.78 is 3.25. The third-order valence-corrected chi connectivity index (χ3v) is 3.66. The van der Waals surface area contributed by atoms with Crippen molar-refractivity contribution < 1.29 is 17.0 Å². The monoisotopic (exact) mass is 234 g/mol. The molecule has 0 amide bonds. The Morgan fingerprint density at radius 2 is 1.87 bits per heavy atom. The van der Waals surface area contributed by atoms with Crippen LogP contribution in [0.2, 0.25) is 0 Å². The van der Waals surface area contributed by atoms with Crippen molar-refractivity contribution in [3.63, 3.8) is 0 Å². The molecule has 1 aromatic carbocycles. The molecule has 0 aliphatic rings. The SMILES string of the molecule is C=c1c(=C)n(C)[c](=[V])c2cc(C)ccc12. The van der Waals surface area contributed by atoms with Gasteiger partial charge in [-0.05, 0) is 0 Å². The van der Waals surface area contributed by atoms with Gasteiger partial charge in [0.25, 0.3) is 0 Å². The van der Waals surface area contributed by atoms with Gasteiger partial charge in [0.05, 0.1) is 0 Å². The molecule has 0 N–H and O–H groups in total. The van der Waals surface area contributed by atoms with E-state index >= 15 is 0 Å². The van der Waals surface area contributed by atoms with E-state index in [1.165, 1.54) is 20.3 Å². The van der Waals surface area contributed by atoms with Gasteiger partial charge in [0.15, 0.2) is 0 Å². The molecule has 75 valence electrons. The molecule has 1 nitrogen and oxygen atoms in total. The van der Waals surface area contributed by atoms with Crippen LogP contribution in [0.4, 0.5) is 0 Å². The van der Waals surface area contributed by atoms with Crippen molar-refractivity contribution in [2.24, 2.45) is 7.05 Å². The molecule has 2 heteroatoms. The van der Waals surface area contributed by atoms with Crippen molar-refractivity contribution in [1.29, 1.82) is 0 Å². The van der Waals surface area contributed by atoms with E-state index in [9.17, 15) is 0 Å². The minimum atomic E-state index is 0.974. The molecule has 0 bridgehead atoms. The molecule has 15 heavy (non-hydrogen) atoms. The van der Waals surface area contributed by atoms with Crippen LogP contribution in [0.15, 0.2) is 18.2 Å². The van der Waals surface area contributed by atoms with Crippen LogP contribution in [0.25, 0.3) is 23.9 Å². The Kier molecular flexibility index (Phi) is 2.45. The summed E-state index contributed by atoms with van der Waals surface area (Å²) >= 11 is 2.61. The van der Waals surface area contributed by atoms with Gasteiger partial charge in [0.1, 0.15) is 0 Å². The Labute approximate surface area is 97.9 Å². The molecule has 0 atom stereocenters. The summed E-state index contributed by atoms with van der Waals surface area (Å²) in [5.41, 5.74) is 1.27. The summed E-state index contributed by atoms with van der Waals surface area (Å²) in [5, 5.41) is 4.43. The molecule has 0 saturated carbocycles. The zero-order valence-corrected chi connectivity index (χ0v) is 10.4. The molecular formula is C13H13NV. The minimum absolute atomic E-state index is 0.974. The van der Waals surface area contributed by atoms with Gasteiger partial charge >= 0.3 is 97.8 Å². The normalized spacial score (nSPS) is 10.7. The number of rotatable bonds is 0. The first-order valence-corrected chi connectivity index (χ1v) is 5.51. The van der Waals surface area contributed by atoms with Crippen molar-refractivity contribution in [3.05, 3.63) is 38.3 Å². The van der Waals surface area contributed by atoms with Gasteiger partial charge in [-0.25, -0.2) is 0 Å². The predicted octanol–water partition coefficient (Wildman–Crippen LogP) is 1.39. The number of nitrogens with zero attached hydrogens (tertiary/aromatic N) is 1. The van der Waals surface area contributed by atoms with Gasteiger partial charge in [-0.2, -0.15) is 0 Å². The fraction of sp³-hybridized carbons (Fsp3) is 0.154. The second-order valence-electron chi connectivity index (χ2n) is 3.86. The number of aromatic nitrogens is 1. The van der Waals surface area contributed by atoms with Crippen molar-refractivity contribution in [1.82, 2.24) is 4.57 Å². The number of fused-ring (bicyclic) bond motifs is 1. The first kappa shape index (κ1) is 10.5. The van der Waals surface area contributed by atoms with E-state index in [-0.39, 0.29) is 0 Å². The number of aryl methyl sites for hydroxylation is 1. The first-order chi connectivity index (χ1) is 7.02. The standard InChI is InChI=1S/C13H13N.V/c1-9-5-6-13-10(2)11(3)14(4)8-12(13)7-9;/h5-7H,2-3H2,1,4H3;. The van der Waals surface area contributed by atoms with E-state index in [4.69, 9.17) is 0 Å². The molecule has 2 rings (SSSR count). The third-order valence-electron chi connectivity index (χ3n) is 2.81. The van der Waals surface area contributed by atoms with E-state index in [2.05, 4.69) is 59.8 Å². The summed E-state index contributed by atoms with van der Waals surface area (Å²) in [6.45, 7) is 10.2. The number of pyridine rings is 1. The van der Waals surface area contributed by atoms with Crippen LogP contribution in [0.1, 0.15) is 5.56 Å². The van der Waals surface area contributed by atoms with Crippen LogP contribution in [0.5, 0.6) is 0 Å². The summed E-state index contributed by atoms with van der Waals surface area (Å²) in [6.07, 6.45) is 0. The van der Waals surface area contributed by atoms with Gasteiger partial charge in [-0.1, -0.05) is 0 Å².